The van der Waals surface area contributed by atoms with Crippen LogP contribution in [0.4, 0.5) is 0 Å². The van der Waals surface area contributed by atoms with Crippen LogP contribution in [0.3, 0.4) is 0 Å². The summed E-state index contributed by atoms with van der Waals surface area (Å²) in [6.45, 7) is 2.15. The monoisotopic (exact) mass is 269 g/mol. The van der Waals surface area contributed by atoms with E-state index in [4.69, 9.17) is 15.2 Å². The fraction of sp³-hybridized carbons (Fsp3) is 0.462. The molecule has 0 radical (unpaired) electrons. The number of carbonyl (C=O) groups excluding carboxylic acids is 1. The van der Waals surface area contributed by atoms with Gasteiger partial charge in [0.1, 0.15) is 11.8 Å². The van der Waals surface area contributed by atoms with E-state index in [1.54, 1.807) is 25.8 Å². The molecule has 1 aromatic rings. The van der Waals surface area contributed by atoms with Crippen molar-refractivity contribution in [3.63, 3.8) is 0 Å². The second-order valence-corrected chi connectivity index (χ2v) is 4.84. The molecule has 18 heavy (non-hydrogen) atoms. The fourth-order valence-corrected chi connectivity index (χ4v) is 2.28. The predicted molar refractivity (Wildman–Crippen MR) is 72.9 cm³/mol. The number of hydrogen-bond donors (Lipinski definition) is 1. The fourth-order valence-electron chi connectivity index (χ4n) is 1.34. The molecular formula is C13H19NO3S. The number of benzene rings is 1. The number of carbonyl (C=O) groups is 1. The van der Waals surface area contributed by atoms with Crippen LogP contribution in [0, 0.1) is 0 Å². The van der Waals surface area contributed by atoms with Crippen molar-refractivity contribution < 1.29 is 14.3 Å². The van der Waals surface area contributed by atoms with E-state index in [0.717, 1.165) is 16.4 Å². The maximum atomic E-state index is 11.3. The van der Waals surface area contributed by atoms with Crippen molar-refractivity contribution in [3.05, 3.63) is 24.3 Å². The molecule has 0 fully saturated rings. The van der Waals surface area contributed by atoms with Gasteiger partial charge in [0, 0.05) is 10.6 Å². The summed E-state index contributed by atoms with van der Waals surface area (Å²) in [5.74, 6) is 1.29. The zero-order chi connectivity index (χ0) is 13.4. The molecule has 0 aliphatic carbocycles. The number of esters is 1. The van der Waals surface area contributed by atoms with Crippen molar-refractivity contribution in [2.75, 3.05) is 19.5 Å². The van der Waals surface area contributed by atoms with Gasteiger partial charge in [0.25, 0.3) is 0 Å². The van der Waals surface area contributed by atoms with Gasteiger partial charge in [-0.1, -0.05) is 0 Å². The average molecular weight is 269 g/mol. The van der Waals surface area contributed by atoms with Gasteiger partial charge in [0.2, 0.25) is 0 Å². The molecule has 0 heterocycles. The first-order valence-electron chi connectivity index (χ1n) is 5.86. The number of ether oxygens (including phenoxy) is 2. The zero-order valence-corrected chi connectivity index (χ0v) is 11.5. The van der Waals surface area contributed by atoms with Crippen LogP contribution in [0.2, 0.25) is 0 Å². The molecule has 0 amide bonds. The van der Waals surface area contributed by atoms with Gasteiger partial charge in [-0.15, -0.1) is 11.8 Å². The lowest BCUT2D eigenvalue weighted by Gasteiger charge is -2.10. The minimum absolute atomic E-state index is 0.326. The molecule has 1 atom stereocenters. The minimum atomic E-state index is -0.532. The van der Waals surface area contributed by atoms with Crippen LogP contribution in [0.5, 0.6) is 5.75 Å². The quantitative estimate of drug-likeness (QED) is 0.606. The molecule has 0 aromatic heterocycles. The highest BCUT2D eigenvalue weighted by molar-refractivity contribution is 7.99. The van der Waals surface area contributed by atoms with Gasteiger partial charge in [0.05, 0.1) is 13.7 Å². The van der Waals surface area contributed by atoms with Crippen molar-refractivity contribution in [1.82, 2.24) is 0 Å². The molecule has 1 rings (SSSR count). The molecule has 0 saturated heterocycles. The van der Waals surface area contributed by atoms with E-state index >= 15 is 0 Å². The molecule has 4 nitrogen and oxygen atoms in total. The highest BCUT2D eigenvalue weighted by Crippen LogP contribution is 2.22. The van der Waals surface area contributed by atoms with Crippen LogP contribution < -0.4 is 10.5 Å². The number of rotatable bonds is 7. The molecule has 0 aliphatic heterocycles. The molecule has 2 N–H and O–H groups in total. The Morgan fingerprint density at radius 1 is 1.39 bits per heavy atom. The molecular weight excluding hydrogens is 250 g/mol. The zero-order valence-electron chi connectivity index (χ0n) is 10.7. The second-order valence-electron chi connectivity index (χ2n) is 3.67. The van der Waals surface area contributed by atoms with E-state index in [9.17, 15) is 4.79 Å². The van der Waals surface area contributed by atoms with Crippen molar-refractivity contribution in [3.8, 4) is 5.75 Å². The van der Waals surface area contributed by atoms with E-state index in [2.05, 4.69) is 0 Å². The maximum Gasteiger partial charge on any atom is 0.322 e. The van der Waals surface area contributed by atoms with Crippen LogP contribution in [-0.4, -0.2) is 31.5 Å². The van der Waals surface area contributed by atoms with Gasteiger partial charge in [-0.25, -0.2) is 0 Å². The van der Waals surface area contributed by atoms with E-state index < -0.39 is 6.04 Å². The Balaban J connectivity index is 2.30. The largest absolute Gasteiger partial charge is 0.497 e. The molecule has 1 unspecified atom stereocenters. The van der Waals surface area contributed by atoms with Gasteiger partial charge in [-0.2, -0.15) is 0 Å². The Kier molecular flexibility index (Phi) is 6.60. The predicted octanol–water partition coefficient (Wildman–Crippen LogP) is 2.07. The Hall–Kier alpha value is -1.20. The summed E-state index contributed by atoms with van der Waals surface area (Å²) >= 11 is 1.66. The molecule has 0 saturated carbocycles. The number of hydrogen-bond acceptors (Lipinski definition) is 5. The standard InChI is InChI=1S/C13H19NO3S/c1-3-17-13(15)12(14)8-9-18-11-6-4-10(16-2)5-7-11/h4-7,12H,3,8-9,14H2,1-2H3. The SMILES string of the molecule is CCOC(=O)C(N)CCSc1ccc(OC)cc1. The summed E-state index contributed by atoms with van der Waals surface area (Å²) in [5, 5.41) is 0. The van der Waals surface area contributed by atoms with Crippen molar-refractivity contribution in [1.29, 1.82) is 0 Å². The lowest BCUT2D eigenvalue weighted by Crippen LogP contribution is -2.32. The van der Waals surface area contributed by atoms with E-state index in [-0.39, 0.29) is 5.97 Å². The first-order chi connectivity index (χ1) is 8.67. The molecule has 5 heteroatoms. The molecule has 0 aliphatic rings. The summed E-state index contributed by atoms with van der Waals surface area (Å²) in [6, 6.07) is 7.26. The highest BCUT2D eigenvalue weighted by atomic mass is 32.2. The molecule has 1 aromatic carbocycles. The Bertz CT molecular complexity index is 367. The third-order valence-corrected chi connectivity index (χ3v) is 3.39. The summed E-state index contributed by atoms with van der Waals surface area (Å²) in [4.78, 5) is 12.4. The van der Waals surface area contributed by atoms with Crippen LogP contribution in [0.15, 0.2) is 29.2 Å². The van der Waals surface area contributed by atoms with Gasteiger partial charge < -0.3 is 15.2 Å². The van der Waals surface area contributed by atoms with Crippen molar-refractivity contribution in [2.24, 2.45) is 5.73 Å². The number of thioether (sulfide) groups is 1. The van der Waals surface area contributed by atoms with Crippen molar-refractivity contribution in [2.45, 2.75) is 24.3 Å². The molecule has 0 bridgehead atoms. The topological polar surface area (TPSA) is 61.5 Å². The van der Waals surface area contributed by atoms with Crippen LogP contribution >= 0.6 is 11.8 Å². The van der Waals surface area contributed by atoms with Crippen LogP contribution in [0.25, 0.3) is 0 Å². The highest BCUT2D eigenvalue weighted by Gasteiger charge is 2.13. The van der Waals surface area contributed by atoms with E-state index in [1.165, 1.54) is 0 Å². The first kappa shape index (κ1) is 14.9. The third kappa shape index (κ3) is 4.98. The van der Waals surface area contributed by atoms with E-state index in [1.807, 2.05) is 24.3 Å². The number of methoxy groups -OCH3 is 1. The van der Waals surface area contributed by atoms with Gasteiger partial charge in [-0.3, -0.25) is 4.79 Å². The Labute approximate surface area is 112 Å². The van der Waals surface area contributed by atoms with Gasteiger partial charge >= 0.3 is 5.97 Å². The minimum Gasteiger partial charge on any atom is -0.497 e. The van der Waals surface area contributed by atoms with E-state index in [0.29, 0.717) is 13.0 Å². The first-order valence-corrected chi connectivity index (χ1v) is 6.85. The summed E-state index contributed by atoms with van der Waals surface area (Å²) in [7, 11) is 1.64. The third-order valence-electron chi connectivity index (χ3n) is 2.35. The van der Waals surface area contributed by atoms with Crippen molar-refractivity contribution >= 4 is 17.7 Å². The average Bonchev–Trinajstić information content (AvgIpc) is 2.39. The summed E-state index contributed by atoms with van der Waals surface area (Å²) in [5.41, 5.74) is 5.71. The summed E-state index contributed by atoms with van der Waals surface area (Å²) in [6.07, 6.45) is 0.607. The second kappa shape index (κ2) is 8.00. The smallest absolute Gasteiger partial charge is 0.322 e. The van der Waals surface area contributed by atoms with Crippen LogP contribution in [-0.2, 0) is 9.53 Å². The lowest BCUT2D eigenvalue weighted by molar-refractivity contribution is -0.144. The van der Waals surface area contributed by atoms with Gasteiger partial charge in [0.15, 0.2) is 0 Å². The molecule has 0 spiro atoms. The van der Waals surface area contributed by atoms with Gasteiger partial charge in [-0.05, 0) is 37.6 Å². The summed E-state index contributed by atoms with van der Waals surface area (Å²) < 4.78 is 9.93. The maximum absolute atomic E-state index is 11.3. The normalized spacial score (nSPS) is 11.9. The Morgan fingerprint density at radius 2 is 2.06 bits per heavy atom. The van der Waals surface area contributed by atoms with Crippen LogP contribution in [0.1, 0.15) is 13.3 Å². The lowest BCUT2D eigenvalue weighted by atomic mass is 10.2. The number of nitrogens with two attached hydrogens (primary N) is 1. The molecule has 100 valence electrons. The Morgan fingerprint density at radius 3 is 2.61 bits per heavy atom.